The van der Waals surface area contributed by atoms with Crippen molar-refractivity contribution in [1.29, 1.82) is 0 Å². The van der Waals surface area contributed by atoms with Gasteiger partial charge in [0.2, 0.25) is 9.84 Å². The number of ether oxygens (including phenoxy) is 1. The standard InChI is InChI=1S/C16H12ClF2NO3S/c1-23-11-3-5-12(6-4-11)24(21,22)15-9-20(16(18)19)14-7-2-10(17)8-13(14)15/h2-9,16H,1H3. The number of halogens is 3. The van der Waals surface area contributed by atoms with Crippen molar-refractivity contribution in [3.63, 3.8) is 0 Å². The third-order valence-electron chi connectivity index (χ3n) is 3.63. The molecular formula is C16H12ClF2NO3S. The maximum absolute atomic E-state index is 13.2. The molecular weight excluding hydrogens is 360 g/mol. The van der Waals surface area contributed by atoms with Gasteiger partial charge in [-0.2, -0.15) is 8.78 Å². The molecule has 0 aliphatic heterocycles. The molecule has 1 aromatic heterocycles. The molecule has 0 aliphatic rings. The van der Waals surface area contributed by atoms with Crippen LogP contribution in [0.15, 0.2) is 58.5 Å². The lowest BCUT2D eigenvalue weighted by atomic mass is 10.2. The summed E-state index contributed by atoms with van der Waals surface area (Å²) < 4.78 is 57.7. The summed E-state index contributed by atoms with van der Waals surface area (Å²) in [5.74, 6) is 0.493. The van der Waals surface area contributed by atoms with Crippen LogP contribution >= 0.6 is 11.6 Å². The molecule has 4 nitrogen and oxygen atoms in total. The zero-order valence-corrected chi connectivity index (χ0v) is 14.0. The molecule has 0 radical (unpaired) electrons. The van der Waals surface area contributed by atoms with Crippen molar-refractivity contribution in [1.82, 2.24) is 4.57 Å². The molecule has 3 rings (SSSR count). The molecule has 0 saturated heterocycles. The van der Waals surface area contributed by atoms with Crippen molar-refractivity contribution in [3.8, 4) is 5.75 Å². The molecule has 0 unspecified atom stereocenters. The van der Waals surface area contributed by atoms with Crippen molar-refractivity contribution in [2.45, 2.75) is 16.3 Å². The van der Waals surface area contributed by atoms with E-state index in [1.165, 1.54) is 49.6 Å². The molecule has 0 aliphatic carbocycles. The summed E-state index contributed by atoms with van der Waals surface area (Å²) in [4.78, 5) is -0.234. The summed E-state index contributed by atoms with van der Waals surface area (Å²) in [5, 5.41) is 0.416. The lowest BCUT2D eigenvalue weighted by Crippen LogP contribution is -2.02. The summed E-state index contributed by atoms with van der Waals surface area (Å²) in [6, 6.07) is 9.89. The summed E-state index contributed by atoms with van der Waals surface area (Å²) in [6.07, 6.45) is 0.936. The highest BCUT2D eigenvalue weighted by Gasteiger charge is 2.25. The Morgan fingerprint density at radius 2 is 1.79 bits per heavy atom. The van der Waals surface area contributed by atoms with E-state index in [4.69, 9.17) is 16.3 Å². The Morgan fingerprint density at radius 1 is 1.12 bits per heavy atom. The van der Waals surface area contributed by atoms with Crippen LogP contribution in [-0.4, -0.2) is 20.1 Å². The number of sulfone groups is 1. The number of hydrogen-bond acceptors (Lipinski definition) is 3. The molecule has 0 N–H and O–H groups in total. The fraction of sp³-hybridized carbons (Fsp3) is 0.125. The predicted molar refractivity (Wildman–Crippen MR) is 86.6 cm³/mol. The normalized spacial score (nSPS) is 12.0. The topological polar surface area (TPSA) is 48.3 Å². The van der Waals surface area contributed by atoms with Crippen LogP contribution in [0.2, 0.25) is 5.02 Å². The zero-order chi connectivity index (χ0) is 17.5. The molecule has 0 amide bonds. The quantitative estimate of drug-likeness (QED) is 0.677. The van der Waals surface area contributed by atoms with Gasteiger partial charge in [-0.3, -0.25) is 4.57 Å². The molecule has 8 heteroatoms. The number of fused-ring (bicyclic) bond motifs is 1. The van der Waals surface area contributed by atoms with Crippen molar-refractivity contribution in [3.05, 3.63) is 53.7 Å². The highest BCUT2D eigenvalue weighted by atomic mass is 35.5. The smallest absolute Gasteiger partial charge is 0.319 e. The van der Waals surface area contributed by atoms with E-state index >= 15 is 0 Å². The number of methoxy groups -OCH3 is 1. The van der Waals surface area contributed by atoms with Gasteiger partial charge in [-0.1, -0.05) is 11.6 Å². The molecule has 0 bridgehead atoms. The average molecular weight is 372 g/mol. The monoisotopic (exact) mass is 371 g/mol. The van der Waals surface area contributed by atoms with Crippen molar-refractivity contribution >= 4 is 32.3 Å². The average Bonchev–Trinajstić information content (AvgIpc) is 2.94. The van der Waals surface area contributed by atoms with Gasteiger partial charge in [0.05, 0.1) is 22.4 Å². The molecule has 2 aromatic carbocycles. The molecule has 0 atom stereocenters. The number of alkyl halides is 2. The first-order valence-corrected chi connectivity index (χ1v) is 8.68. The summed E-state index contributed by atoms with van der Waals surface area (Å²) in [5.41, 5.74) is 0.0986. The molecule has 126 valence electrons. The maximum atomic E-state index is 13.2. The van der Waals surface area contributed by atoms with E-state index in [0.29, 0.717) is 10.3 Å². The Labute approximate surface area is 142 Å². The highest BCUT2D eigenvalue weighted by molar-refractivity contribution is 7.91. The van der Waals surface area contributed by atoms with E-state index in [-0.39, 0.29) is 25.7 Å². The second kappa shape index (κ2) is 6.07. The van der Waals surface area contributed by atoms with Gasteiger partial charge in [-0.25, -0.2) is 8.42 Å². The summed E-state index contributed by atoms with van der Waals surface area (Å²) in [7, 11) is -2.53. The minimum absolute atomic E-state index is 0.0170. The Hall–Kier alpha value is -2.12. The fourth-order valence-electron chi connectivity index (χ4n) is 2.45. The number of aromatic nitrogens is 1. The van der Waals surface area contributed by atoms with E-state index < -0.39 is 16.4 Å². The van der Waals surface area contributed by atoms with Gasteiger partial charge in [-0.05, 0) is 42.5 Å². The van der Waals surface area contributed by atoms with E-state index in [1.54, 1.807) is 0 Å². The number of nitrogens with zero attached hydrogens (tertiary/aromatic N) is 1. The second-order valence-corrected chi connectivity index (χ2v) is 7.37. The third kappa shape index (κ3) is 2.74. The van der Waals surface area contributed by atoms with Crippen LogP contribution in [0, 0.1) is 0 Å². The molecule has 0 saturated carbocycles. The van der Waals surface area contributed by atoms with Crippen LogP contribution < -0.4 is 4.74 Å². The van der Waals surface area contributed by atoms with Gasteiger partial charge in [0, 0.05) is 16.6 Å². The number of hydrogen-bond donors (Lipinski definition) is 0. The van der Waals surface area contributed by atoms with Gasteiger partial charge in [-0.15, -0.1) is 0 Å². The number of benzene rings is 2. The maximum Gasteiger partial charge on any atom is 0.319 e. The second-order valence-electron chi connectivity index (χ2n) is 5.02. The van der Waals surface area contributed by atoms with E-state index in [2.05, 4.69) is 0 Å². The number of rotatable bonds is 4. The lowest BCUT2D eigenvalue weighted by molar-refractivity contribution is 0.0748. The summed E-state index contributed by atoms with van der Waals surface area (Å²) >= 11 is 5.91. The predicted octanol–water partition coefficient (Wildman–Crippen LogP) is 4.53. The van der Waals surface area contributed by atoms with E-state index in [9.17, 15) is 17.2 Å². The SMILES string of the molecule is COc1ccc(S(=O)(=O)c2cn(C(F)F)c3ccc(Cl)cc23)cc1. The molecule has 0 fully saturated rings. The third-order valence-corrected chi connectivity index (χ3v) is 5.66. The van der Waals surface area contributed by atoms with Crippen LogP contribution in [0.1, 0.15) is 6.55 Å². The highest BCUT2D eigenvalue weighted by Crippen LogP contribution is 2.34. The Kier molecular flexibility index (Phi) is 4.23. The van der Waals surface area contributed by atoms with E-state index in [0.717, 1.165) is 6.20 Å². The van der Waals surface area contributed by atoms with Crippen molar-refractivity contribution < 1.29 is 21.9 Å². The first kappa shape index (κ1) is 16.7. The fourth-order valence-corrected chi connectivity index (χ4v) is 4.08. The largest absolute Gasteiger partial charge is 0.497 e. The first-order chi connectivity index (χ1) is 11.3. The Bertz CT molecular complexity index is 998. The van der Waals surface area contributed by atoms with Crippen LogP contribution in [0.3, 0.4) is 0 Å². The Balaban J connectivity index is 2.25. The van der Waals surface area contributed by atoms with Crippen LogP contribution in [0.5, 0.6) is 5.75 Å². The molecule has 24 heavy (non-hydrogen) atoms. The van der Waals surface area contributed by atoms with Gasteiger partial charge >= 0.3 is 6.55 Å². The lowest BCUT2D eigenvalue weighted by Gasteiger charge is -2.05. The van der Waals surface area contributed by atoms with Crippen LogP contribution in [0.4, 0.5) is 8.78 Å². The first-order valence-electron chi connectivity index (χ1n) is 6.82. The molecule has 3 aromatic rings. The van der Waals surface area contributed by atoms with Crippen molar-refractivity contribution in [2.75, 3.05) is 7.11 Å². The van der Waals surface area contributed by atoms with Crippen LogP contribution in [-0.2, 0) is 9.84 Å². The Morgan fingerprint density at radius 3 is 2.38 bits per heavy atom. The molecule has 1 heterocycles. The van der Waals surface area contributed by atoms with Gasteiger partial charge in [0.1, 0.15) is 5.75 Å². The van der Waals surface area contributed by atoms with Crippen molar-refractivity contribution in [2.24, 2.45) is 0 Å². The zero-order valence-electron chi connectivity index (χ0n) is 12.4. The van der Waals surface area contributed by atoms with Gasteiger partial charge in [0.25, 0.3) is 0 Å². The van der Waals surface area contributed by atoms with Gasteiger partial charge in [0.15, 0.2) is 0 Å². The minimum atomic E-state index is -3.99. The van der Waals surface area contributed by atoms with Crippen LogP contribution in [0.25, 0.3) is 10.9 Å². The van der Waals surface area contributed by atoms with Gasteiger partial charge < -0.3 is 4.74 Å². The van der Waals surface area contributed by atoms with E-state index in [1.807, 2.05) is 0 Å². The minimum Gasteiger partial charge on any atom is -0.497 e. The molecule has 0 spiro atoms. The summed E-state index contributed by atoms with van der Waals surface area (Å²) in [6.45, 7) is -2.87.